The van der Waals surface area contributed by atoms with Crippen molar-refractivity contribution in [3.8, 4) is 0 Å². The van der Waals surface area contributed by atoms with E-state index in [2.05, 4.69) is 5.32 Å². The van der Waals surface area contributed by atoms with Crippen molar-refractivity contribution in [2.75, 3.05) is 24.6 Å². The van der Waals surface area contributed by atoms with Gasteiger partial charge >= 0.3 is 6.18 Å². The van der Waals surface area contributed by atoms with Crippen LogP contribution in [0.15, 0.2) is 60.7 Å². The predicted molar refractivity (Wildman–Crippen MR) is 132 cm³/mol. The second-order valence-corrected chi connectivity index (χ2v) is 9.16. The van der Waals surface area contributed by atoms with E-state index in [9.17, 15) is 37.5 Å². The Balaban J connectivity index is 2.09. The number of alkyl halides is 3. The molecule has 0 spiro atoms. The normalized spacial score (nSPS) is 12.9. The minimum Gasteiger partial charge on any atom is -0.387 e. The Kier molecular flexibility index (Phi) is 11.6. The second kappa shape index (κ2) is 14.4. The molecule has 200 valence electrons. The number of nitrogens with one attached hydrogen (secondary N) is 1. The summed E-state index contributed by atoms with van der Waals surface area (Å²) in [5.74, 6) is -4.58. The van der Waals surface area contributed by atoms with Crippen LogP contribution in [0.3, 0.4) is 0 Å². The van der Waals surface area contributed by atoms with Crippen LogP contribution in [0.4, 0.5) is 13.2 Å². The number of primary amides is 1. The Labute approximate surface area is 216 Å². The number of carbonyl (C=O) groups is 4. The van der Waals surface area contributed by atoms with Crippen LogP contribution in [0, 0.1) is 0 Å². The van der Waals surface area contributed by atoms with E-state index in [4.69, 9.17) is 5.73 Å². The highest BCUT2D eigenvalue weighted by molar-refractivity contribution is 7.99. The van der Waals surface area contributed by atoms with Crippen LogP contribution in [0.5, 0.6) is 0 Å². The smallest absolute Gasteiger partial charge is 0.387 e. The maximum absolute atomic E-state index is 13.1. The molecule has 2 rings (SSSR count). The van der Waals surface area contributed by atoms with Gasteiger partial charge in [0.05, 0.1) is 24.9 Å². The molecule has 8 nitrogen and oxygen atoms in total. The summed E-state index contributed by atoms with van der Waals surface area (Å²) in [5.41, 5.74) is 6.35. The highest BCUT2D eigenvalue weighted by atomic mass is 32.2. The first kappa shape index (κ1) is 29.8. The molecule has 2 aromatic carbocycles. The minimum atomic E-state index is -4.91. The lowest BCUT2D eigenvalue weighted by molar-refractivity contribution is -0.167. The molecule has 0 bridgehead atoms. The van der Waals surface area contributed by atoms with E-state index in [-0.39, 0.29) is 25.1 Å². The molecule has 2 aromatic rings. The summed E-state index contributed by atoms with van der Waals surface area (Å²) in [6.45, 7) is -0.786. The van der Waals surface area contributed by atoms with Crippen molar-refractivity contribution < 1.29 is 37.5 Å². The molecule has 0 heterocycles. The summed E-state index contributed by atoms with van der Waals surface area (Å²) in [5, 5.41) is 13.2. The van der Waals surface area contributed by atoms with Crippen LogP contribution >= 0.6 is 11.8 Å². The Hall–Kier alpha value is -3.38. The van der Waals surface area contributed by atoms with E-state index in [1.165, 1.54) is 0 Å². The molecule has 0 fully saturated rings. The summed E-state index contributed by atoms with van der Waals surface area (Å²) < 4.78 is 37.1. The van der Waals surface area contributed by atoms with Gasteiger partial charge in [-0.05, 0) is 36.3 Å². The number of Topliss-reactive ketones (excluding diaryl/α,β-unsaturated/α-hetero) is 1. The fourth-order valence-electron chi connectivity index (χ4n) is 3.40. The van der Waals surface area contributed by atoms with Gasteiger partial charge in [-0.2, -0.15) is 24.9 Å². The molecule has 0 aliphatic carbocycles. The summed E-state index contributed by atoms with van der Waals surface area (Å²) >= 11 is 0.753. The third-order valence-electron chi connectivity index (χ3n) is 5.33. The standard InChI is InChI=1S/C25H28F3N3O5S/c26-25(27,28)21(33)16-37-13-7-12-19(23(29)35)31(15-20(32)17-8-3-1-4-9-17)22(34)14-30-24(36)18-10-5-2-6-11-18/h1-6,8-11,19-20,32H,7,12-16H2,(H2,29,35)(H,30,36)/t19-,20?/m0/s1. The van der Waals surface area contributed by atoms with Gasteiger partial charge in [0.1, 0.15) is 6.04 Å². The first-order chi connectivity index (χ1) is 17.5. The van der Waals surface area contributed by atoms with Crippen LogP contribution < -0.4 is 11.1 Å². The average Bonchev–Trinajstić information content (AvgIpc) is 2.88. The molecule has 0 saturated carbocycles. The highest BCUT2D eigenvalue weighted by Crippen LogP contribution is 2.21. The molecule has 0 aliphatic rings. The molecule has 4 N–H and O–H groups in total. The highest BCUT2D eigenvalue weighted by Gasteiger charge is 2.37. The maximum atomic E-state index is 13.1. The van der Waals surface area contributed by atoms with Crippen molar-refractivity contribution in [3.63, 3.8) is 0 Å². The molecular weight excluding hydrogens is 511 g/mol. The summed E-state index contributed by atoms with van der Waals surface area (Å²) in [7, 11) is 0. The van der Waals surface area contributed by atoms with Crippen LogP contribution in [0.2, 0.25) is 0 Å². The van der Waals surface area contributed by atoms with Gasteiger partial charge in [0, 0.05) is 5.56 Å². The van der Waals surface area contributed by atoms with Gasteiger partial charge in [-0.25, -0.2) is 0 Å². The van der Waals surface area contributed by atoms with Crippen molar-refractivity contribution >= 4 is 35.3 Å². The summed E-state index contributed by atoms with van der Waals surface area (Å²) in [6, 6.07) is 15.4. The number of carbonyl (C=O) groups excluding carboxylic acids is 4. The Morgan fingerprint density at radius 2 is 1.59 bits per heavy atom. The van der Waals surface area contributed by atoms with Gasteiger partial charge in [0.25, 0.3) is 5.91 Å². The van der Waals surface area contributed by atoms with Crippen molar-refractivity contribution in [1.82, 2.24) is 10.2 Å². The van der Waals surface area contributed by atoms with Gasteiger partial charge in [-0.1, -0.05) is 48.5 Å². The Bertz CT molecular complexity index is 1050. The predicted octanol–water partition coefficient (Wildman–Crippen LogP) is 2.48. The van der Waals surface area contributed by atoms with Gasteiger partial charge < -0.3 is 21.1 Å². The third-order valence-corrected chi connectivity index (χ3v) is 6.37. The molecular formula is C25H28F3N3O5S. The zero-order valence-electron chi connectivity index (χ0n) is 19.8. The monoisotopic (exact) mass is 539 g/mol. The summed E-state index contributed by atoms with van der Waals surface area (Å²) in [4.78, 5) is 49.8. The number of hydrogen-bond acceptors (Lipinski definition) is 6. The van der Waals surface area contributed by atoms with Crippen LogP contribution in [-0.2, 0) is 14.4 Å². The number of hydrogen-bond donors (Lipinski definition) is 3. The average molecular weight is 540 g/mol. The molecule has 1 unspecified atom stereocenters. The third kappa shape index (κ3) is 9.89. The van der Waals surface area contributed by atoms with E-state index in [1.807, 2.05) is 0 Å². The molecule has 0 radical (unpaired) electrons. The second-order valence-electron chi connectivity index (χ2n) is 8.06. The number of benzene rings is 2. The molecule has 2 atom stereocenters. The van der Waals surface area contributed by atoms with Crippen molar-refractivity contribution in [2.24, 2.45) is 5.73 Å². The fraction of sp³-hybridized carbons (Fsp3) is 0.360. The Morgan fingerprint density at radius 1 is 1.00 bits per heavy atom. The number of nitrogens with zero attached hydrogens (tertiary/aromatic N) is 1. The first-order valence-corrected chi connectivity index (χ1v) is 12.5. The molecule has 12 heteroatoms. The number of aliphatic hydroxyl groups excluding tert-OH is 1. The van der Waals surface area contributed by atoms with Gasteiger partial charge in [-0.3, -0.25) is 19.2 Å². The number of halogens is 3. The molecule has 37 heavy (non-hydrogen) atoms. The molecule has 0 aromatic heterocycles. The number of ketones is 1. The number of rotatable bonds is 14. The summed E-state index contributed by atoms with van der Waals surface area (Å²) in [6.07, 6.45) is -5.92. The van der Waals surface area contributed by atoms with Crippen molar-refractivity contribution in [3.05, 3.63) is 71.8 Å². The van der Waals surface area contributed by atoms with E-state index in [1.54, 1.807) is 60.7 Å². The lowest BCUT2D eigenvalue weighted by Gasteiger charge is -2.32. The van der Waals surface area contributed by atoms with Crippen molar-refractivity contribution in [1.29, 1.82) is 0 Å². The number of thioether (sulfide) groups is 1. The van der Waals surface area contributed by atoms with Gasteiger partial charge in [0.2, 0.25) is 17.6 Å². The molecule has 3 amide bonds. The largest absolute Gasteiger partial charge is 0.450 e. The van der Waals surface area contributed by atoms with Crippen LogP contribution in [-0.4, -0.2) is 70.3 Å². The zero-order chi connectivity index (χ0) is 27.4. The van der Waals surface area contributed by atoms with E-state index < -0.39 is 54.1 Å². The number of nitrogens with two attached hydrogens (primary N) is 1. The maximum Gasteiger partial charge on any atom is 0.450 e. The topological polar surface area (TPSA) is 130 Å². The minimum absolute atomic E-state index is 0.0115. The Morgan fingerprint density at radius 3 is 2.16 bits per heavy atom. The van der Waals surface area contributed by atoms with Crippen LogP contribution in [0.25, 0.3) is 0 Å². The number of aliphatic hydroxyl groups is 1. The molecule has 0 saturated heterocycles. The lowest BCUT2D eigenvalue weighted by Crippen LogP contribution is -2.52. The van der Waals surface area contributed by atoms with E-state index >= 15 is 0 Å². The SMILES string of the molecule is NC(=O)[C@H](CCCSCC(=O)C(F)(F)F)N(CC(O)c1ccccc1)C(=O)CNC(=O)c1ccccc1. The zero-order valence-corrected chi connectivity index (χ0v) is 20.6. The fourth-order valence-corrected chi connectivity index (χ4v) is 4.26. The number of amides is 3. The van der Waals surface area contributed by atoms with Crippen LogP contribution in [0.1, 0.15) is 34.9 Å². The first-order valence-electron chi connectivity index (χ1n) is 11.3. The van der Waals surface area contributed by atoms with Gasteiger partial charge in [-0.15, -0.1) is 0 Å². The quantitative estimate of drug-likeness (QED) is 0.316. The van der Waals surface area contributed by atoms with E-state index in [0.717, 1.165) is 16.7 Å². The molecule has 0 aliphatic heterocycles. The lowest BCUT2D eigenvalue weighted by atomic mass is 10.1. The van der Waals surface area contributed by atoms with Crippen molar-refractivity contribution in [2.45, 2.75) is 31.2 Å². The van der Waals surface area contributed by atoms with E-state index in [0.29, 0.717) is 11.1 Å². The van der Waals surface area contributed by atoms with Gasteiger partial charge in [0.15, 0.2) is 0 Å².